The SMILES string of the molecule is CCNC(=NCCCCN1CCN(c2ccccc2)CC1)NCCc1nc(C)c(C)s1.I. The lowest BCUT2D eigenvalue weighted by Gasteiger charge is -2.36. The third-order valence-electron chi connectivity index (χ3n) is 5.69. The fourth-order valence-electron chi connectivity index (χ4n) is 3.78. The maximum Gasteiger partial charge on any atom is 0.191 e. The molecule has 1 aliphatic rings. The molecule has 0 spiro atoms. The van der Waals surface area contributed by atoms with Gasteiger partial charge in [-0.05, 0) is 52.3 Å². The van der Waals surface area contributed by atoms with E-state index in [-0.39, 0.29) is 24.0 Å². The molecular weight excluding hydrogens is 531 g/mol. The minimum Gasteiger partial charge on any atom is -0.369 e. The third kappa shape index (κ3) is 8.86. The monoisotopic (exact) mass is 570 g/mol. The van der Waals surface area contributed by atoms with E-state index in [9.17, 15) is 0 Å². The minimum absolute atomic E-state index is 0. The van der Waals surface area contributed by atoms with Gasteiger partial charge in [0.25, 0.3) is 0 Å². The molecule has 2 aromatic rings. The number of aliphatic imine (C=N–C) groups is 1. The van der Waals surface area contributed by atoms with Crippen LogP contribution >= 0.6 is 35.3 Å². The summed E-state index contributed by atoms with van der Waals surface area (Å²) in [6.07, 6.45) is 3.27. The van der Waals surface area contributed by atoms with Crippen LogP contribution < -0.4 is 15.5 Å². The summed E-state index contributed by atoms with van der Waals surface area (Å²) in [4.78, 5) is 15.8. The fraction of sp³-hybridized carbons (Fsp3) is 0.583. The topological polar surface area (TPSA) is 55.8 Å². The number of rotatable bonds is 10. The Morgan fingerprint density at radius 3 is 2.47 bits per heavy atom. The zero-order valence-corrected chi connectivity index (χ0v) is 22.9. The molecule has 0 radical (unpaired) electrons. The highest BCUT2D eigenvalue weighted by atomic mass is 127. The van der Waals surface area contributed by atoms with Gasteiger partial charge in [-0.15, -0.1) is 35.3 Å². The van der Waals surface area contributed by atoms with Gasteiger partial charge < -0.3 is 15.5 Å². The van der Waals surface area contributed by atoms with Gasteiger partial charge >= 0.3 is 0 Å². The maximum atomic E-state index is 4.75. The maximum absolute atomic E-state index is 4.75. The Labute approximate surface area is 214 Å². The van der Waals surface area contributed by atoms with Crippen molar-refractivity contribution in [3.05, 3.63) is 45.9 Å². The van der Waals surface area contributed by atoms with Crippen molar-refractivity contribution < 1.29 is 0 Å². The number of benzene rings is 1. The summed E-state index contributed by atoms with van der Waals surface area (Å²) >= 11 is 1.80. The van der Waals surface area contributed by atoms with E-state index in [1.54, 1.807) is 11.3 Å². The second-order valence-electron chi connectivity index (χ2n) is 8.06. The number of aryl methyl sites for hydroxylation is 2. The molecule has 32 heavy (non-hydrogen) atoms. The summed E-state index contributed by atoms with van der Waals surface area (Å²) in [5.41, 5.74) is 2.50. The Morgan fingerprint density at radius 1 is 1.06 bits per heavy atom. The third-order valence-corrected chi connectivity index (χ3v) is 6.83. The predicted molar refractivity (Wildman–Crippen MR) is 149 cm³/mol. The van der Waals surface area contributed by atoms with E-state index in [2.05, 4.69) is 76.5 Å². The van der Waals surface area contributed by atoms with Crippen LogP contribution in [0.4, 0.5) is 5.69 Å². The number of aromatic nitrogens is 1. The highest BCUT2D eigenvalue weighted by Crippen LogP contribution is 2.17. The molecule has 1 aliphatic heterocycles. The van der Waals surface area contributed by atoms with E-state index in [4.69, 9.17) is 4.99 Å². The summed E-state index contributed by atoms with van der Waals surface area (Å²) < 4.78 is 0. The molecule has 0 saturated carbocycles. The molecule has 2 N–H and O–H groups in total. The van der Waals surface area contributed by atoms with Crippen LogP contribution in [-0.4, -0.2) is 68.2 Å². The first-order chi connectivity index (χ1) is 15.2. The molecular formula is C24H39IN6S. The average molecular weight is 571 g/mol. The number of guanidine groups is 1. The molecule has 0 unspecified atom stereocenters. The normalized spacial score (nSPS) is 14.8. The number of hydrogen-bond donors (Lipinski definition) is 2. The van der Waals surface area contributed by atoms with Crippen LogP contribution in [0.5, 0.6) is 0 Å². The molecule has 0 aliphatic carbocycles. The molecule has 3 rings (SSSR count). The molecule has 178 valence electrons. The lowest BCUT2D eigenvalue weighted by atomic mass is 10.2. The van der Waals surface area contributed by atoms with Crippen LogP contribution in [0.25, 0.3) is 0 Å². The van der Waals surface area contributed by atoms with Crippen molar-refractivity contribution in [3.8, 4) is 0 Å². The van der Waals surface area contributed by atoms with Crippen molar-refractivity contribution in [1.82, 2.24) is 20.5 Å². The summed E-state index contributed by atoms with van der Waals surface area (Å²) in [7, 11) is 0. The van der Waals surface area contributed by atoms with Crippen LogP contribution in [0.15, 0.2) is 35.3 Å². The second-order valence-corrected chi connectivity index (χ2v) is 9.35. The summed E-state index contributed by atoms with van der Waals surface area (Å²) in [6, 6.07) is 10.8. The first-order valence-corrected chi connectivity index (χ1v) is 12.4. The van der Waals surface area contributed by atoms with E-state index in [0.29, 0.717) is 0 Å². The first kappa shape index (κ1) is 26.9. The van der Waals surface area contributed by atoms with Crippen molar-refractivity contribution in [2.45, 2.75) is 40.0 Å². The molecule has 0 atom stereocenters. The molecule has 1 aromatic carbocycles. The smallest absolute Gasteiger partial charge is 0.191 e. The van der Waals surface area contributed by atoms with Crippen LogP contribution in [0.3, 0.4) is 0 Å². The van der Waals surface area contributed by atoms with Crippen LogP contribution in [-0.2, 0) is 6.42 Å². The number of para-hydroxylation sites is 1. The van der Waals surface area contributed by atoms with Crippen LogP contribution in [0.1, 0.15) is 35.3 Å². The van der Waals surface area contributed by atoms with Gasteiger partial charge in [0, 0.05) is 62.8 Å². The predicted octanol–water partition coefficient (Wildman–Crippen LogP) is 4.08. The van der Waals surface area contributed by atoms with Crippen molar-refractivity contribution in [2.24, 2.45) is 4.99 Å². The summed E-state index contributed by atoms with van der Waals surface area (Å²) in [5, 5.41) is 8.00. The van der Waals surface area contributed by atoms with Crippen LogP contribution in [0, 0.1) is 13.8 Å². The largest absolute Gasteiger partial charge is 0.369 e. The van der Waals surface area contributed by atoms with Gasteiger partial charge in [-0.3, -0.25) is 9.89 Å². The number of thiazole rings is 1. The van der Waals surface area contributed by atoms with Gasteiger partial charge in [0.2, 0.25) is 0 Å². The Hall–Kier alpha value is -1.39. The molecule has 0 amide bonds. The zero-order valence-electron chi connectivity index (χ0n) is 19.8. The number of piperazine rings is 1. The number of halogens is 1. The zero-order chi connectivity index (χ0) is 21.9. The van der Waals surface area contributed by atoms with Crippen molar-refractivity contribution in [2.75, 3.05) is 57.3 Å². The molecule has 8 heteroatoms. The molecule has 1 aromatic heterocycles. The van der Waals surface area contributed by atoms with Crippen molar-refractivity contribution >= 4 is 47.0 Å². The van der Waals surface area contributed by atoms with Gasteiger partial charge in [-0.2, -0.15) is 0 Å². The van der Waals surface area contributed by atoms with E-state index in [1.807, 2.05) is 0 Å². The van der Waals surface area contributed by atoms with Gasteiger partial charge in [0.15, 0.2) is 5.96 Å². The summed E-state index contributed by atoms with van der Waals surface area (Å²) in [6.45, 7) is 14.7. The number of hydrogen-bond acceptors (Lipinski definition) is 5. The molecule has 1 saturated heterocycles. The quantitative estimate of drug-likeness (QED) is 0.195. The van der Waals surface area contributed by atoms with Crippen molar-refractivity contribution in [3.63, 3.8) is 0 Å². The van der Waals surface area contributed by atoms with Gasteiger partial charge in [0.1, 0.15) is 0 Å². The lowest BCUT2D eigenvalue weighted by Crippen LogP contribution is -2.46. The van der Waals surface area contributed by atoms with Crippen molar-refractivity contribution in [1.29, 1.82) is 0 Å². The Kier molecular flexibility index (Phi) is 12.3. The van der Waals surface area contributed by atoms with E-state index in [0.717, 1.165) is 70.3 Å². The van der Waals surface area contributed by atoms with Crippen LogP contribution in [0.2, 0.25) is 0 Å². The van der Waals surface area contributed by atoms with Gasteiger partial charge in [0.05, 0.1) is 10.7 Å². The fourth-order valence-corrected chi connectivity index (χ4v) is 4.72. The first-order valence-electron chi connectivity index (χ1n) is 11.6. The Bertz CT molecular complexity index is 783. The average Bonchev–Trinajstić information content (AvgIpc) is 3.11. The second kappa shape index (κ2) is 14.7. The minimum atomic E-state index is 0. The molecule has 2 heterocycles. The lowest BCUT2D eigenvalue weighted by molar-refractivity contribution is 0.253. The van der Waals surface area contributed by atoms with Gasteiger partial charge in [-0.1, -0.05) is 18.2 Å². The molecule has 1 fully saturated rings. The molecule has 6 nitrogen and oxygen atoms in total. The number of anilines is 1. The summed E-state index contributed by atoms with van der Waals surface area (Å²) in [5.74, 6) is 0.920. The van der Waals surface area contributed by atoms with E-state index >= 15 is 0 Å². The highest BCUT2D eigenvalue weighted by molar-refractivity contribution is 14.0. The standard InChI is InChI=1S/C24H38N6S.HI/c1-4-25-24(27-14-12-23-28-20(2)21(3)31-23)26-13-8-9-15-29-16-18-30(19-17-29)22-10-6-5-7-11-22;/h5-7,10-11H,4,8-9,12-19H2,1-3H3,(H2,25,26,27);1H. The number of unbranched alkanes of at least 4 members (excludes halogenated alkanes) is 1. The Balaban J connectivity index is 0.00000363. The van der Waals surface area contributed by atoms with E-state index in [1.165, 1.54) is 28.5 Å². The Morgan fingerprint density at radius 2 is 1.81 bits per heavy atom. The van der Waals surface area contributed by atoms with Gasteiger partial charge in [-0.25, -0.2) is 4.98 Å². The molecule has 0 bridgehead atoms. The number of nitrogens with one attached hydrogen (secondary N) is 2. The van der Waals surface area contributed by atoms with E-state index < -0.39 is 0 Å². The highest BCUT2D eigenvalue weighted by Gasteiger charge is 2.16. The number of nitrogens with zero attached hydrogens (tertiary/aromatic N) is 4.